The highest BCUT2D eigenvalue weighted by Crippen LogP contribution is 2.15. The zero-order chi connectivity index (χ0) is 20.6. The third kappa shape index (κ3) is 10.7. The molecule has 1 N–H and O–H groups in total. The van der Waals surface area contributed by atoms with Crippen LogP contribution < -0.4 is 10.5 Å². The van der Waals surface area contributed by atoms with Gasteiger partial charge in [-0.15, -0.1) is 0 Å². The van der Waals surface area contributed by atoms with E-state index < -0.39 is 0 Å². The number of nitrogens with one attached hydrogen (secondary N) is 1. The second kappa shape index (κ2) is 15.3. The number of anilines is 1. The zero-order valence-corrected chi connectivity index (χ0v) is 18.8. The van der Waals surface area contributed by atoms with Crippen LogP contribution in [0.4, 0.5) is 5.95 Å². The first-order valence-corrected chi connectivity index (χ1v) is 12.3. The van der Waals surface area contributed by atoms with E-state index in [1.165, 1.54) is 89.9 Å². The molecule has 0 atom stereocenters. The molecular formula is C25H43N3O. The van der Waals surface area contributed by atoms with Gasteiger partial charge in [0, 0.05) is 24.8 Å². The summed E-state index contributed by atoms with van der Waals surface area (Å²) in [4.78, 5) is 21.7. The van der Waals surface area contributed by atoms with Crippen molar-refractivity contribution in [3.8, 4) is 0 Å². The summed E-state index contributed by atoms with van der Waals surface area (Å²) in [6.07, 6.45) is 25.1. The third-order valence-electron chi connectivity index (χ3n) is 5.88. The average molecular weight is 402 g/mol. The van der Waals surface area contributed by atoms with Crippen LogP contribution in [0, 0.1) is 0 Å². The lowest BCUT2D eigenvalue weighted by Crippen LogP contribution is -2.24. The molecule has 164 valence electrons. The molecule has 0 amide bonds. The minimum absolute atomic E-state index is 0.00959. The van der Waals surface area contributed by atoms with Gasteiger partial charge in [-0.25, -0.2) is 4.98 Å². The fourth-order valence-corrected chi connectivity index (χ4v) is 4.08. The predicted octanol–water partition coefficient (Wildman–Crippen LogP) is 6.56. The van der Waals surface area contributed by atoms with Crippen molar-refractivity contribution < 1.29 is 0 Å². The first-order chi connectivity index (χ1) is 14.3. The Morgan fingerprint density at radius 1 is 0.897 bits per heavy atom. The largest absolute Gasteiger partial charge is 0.342 e. The number of H-pyrrole nitrogens is 1. The molecule has 0 spiro atoms. The quantitative estimate of drug-likeness (QED) is 0.252. The summed E-state index contributed by atoms with van der Waals surface area (Å²) >= 11 is 0. The number of hydrogen-bond donors (Lipinski definition) is 1. The molecule has 1 aromatic heterocycles. The molecule has 4 heteroatoms. The van der Waals surface area contributed by atoms with Gasteiger partial charge in [-0.1, -0.05) is 70.4 Å². The van der Waals surface area contributed by atoms with E-state index in [4.69, 9.17) is 0 Å². The Labute approximate surface area is 178 Å². The summed E-state index contributed by atoms with van der Waals surface area (Å²) < 4.78 is 0. The minimum atomic E-state index is -0.00959. The van der Waals surface area contributed by atoms with Crippen molar-refractivity contribution in [2.24, 2.45) is 0 Å². The van der Waals surface area contributed by atoms with Crippen molar-refractivity contribution in [3.63, 3.8) is 0 Å². The van der Waals surface area contributed by atoms with Crippen molar-refractivity contribution in [2.45, 2.75) is 110 Å². The van der Waals surface area contributed by atoms with Gasteiger partial charge in [0.05, 0.1) is 0 Å². The highest BCUT2D eigenvalue weighted by atomic mass is 16.1. The number of unbranched alkanes of at least 4 members (excludes halogenated alkanes) is 11. The lowest BCUT2D eigenvalue weighted by Gasteiger charge is -2.16. The Bertz CT molecular complexity index is 617. The van der Waals surface area contributed by atoms with Gasteiger partial charge in [-0.05, 0) is 51.4 Å². The number of aromatic amines is 1. The predicted molar refractivity (Wildman–Crippen MR) is 125 cm³/mol. The Morgan fingerprint density at radius 3 is 2.14 bits per heavy atom. The zero-order valence-electron chi connectivity index (χ0n) is 18.8. The maximum absolute atomic E-state index is 11.9. The van der Waals surface area contributed by atoms with Gasteiger partial charge >= 0.3 is 0 Å². The van der Waals surface area contributed by atoms with E-state index in [0.717, 1.165) is 37.6 Å². The van der Waals surface area contributed by atoms with Crippen LogP contribution in [0.25, 0.3) is 0 Å². The highest BCUT2D eigenvalue weighted by molar-refractivity contribution is 5.31. The second-order valence-corrected chi connectivity index (χ2v) is 8.59. The summed E-state index contributed by atoms with van der Waals surface area (Å²) in [5, 5.41) is 0. The van der Waals surface area contributed by atoms with Crippen molar-refractivity contribution in [1.82, 2.24) is 9.97 Å². The fourth-order valence-electron chi connectivity index (χ4n) is 4.08. The normalized spacial score (nSPS) is 14.3. The van der Waals surface area contributed by atoms with E-state index in [-0.39, 0.29) is 5.56 Å². The van der Waals surface area contributed by atoms with E-state index in [1.807, 2.05) is 0 Å². The molecule has 0 saturated carbocycles. The van der Waals surface area contributed by atoms with Crippen LogP contribution >= 0.6 is 0 Å². The molecule has 2 rings (SSSR count). The molecule has 29 heavy (non-hydrogen) atoms. The van der Waals surface area contributed by atoms with Crippen LogP contribution in [-0.2, 0) is 6.42 Å². The number of allylic oxidation sites excluding steroid dienone is 2. The van der Waals surface area contributed by atoms with E-state index in [0.29, 0.717) is 0 Å². The maximum atomic E-state index is 11.9. The first-order valence-electron chi connectivity index (χ1n) is 12.3. The maximum Gasteiger partial charge on any atom is 0.252 e. The van der Waals surface area contributed by atoms with Gasteiger partial charge < -0.3 is 4.90 Å². The third-order valence-corrected chi connectivity index (χ3v) is 5.88. The molecule has 1 saturated heterocycles. The summed E-state index contributed by atoms with van der Waals surface area (Å²) in [6, 6.07) is 1.67. The van der Waals surface area contributed by atoms with Gasteiger partial charge in [0.2, 0.25) is 5.95 Å². The molecule has 0 aliphatic carbocycles. The van der Waals surface area contributed by atoms with E-state index in [2.05, 4.69) is 33.9 Å². The highest BCUT2D eigenvalue weighted by Gasteiger charge is 2.15. The molecule has 1 aliphatic heterocycles. The lowest BCUT2D eigenvalue weighted by atomic mass is 10.1. The van der Waals surface area contributed by atoms with Gasteiger partial charge in [0.25, 0.3) is 5.56 Å². The standard InChI is InChI=1S/C25H43N3O/c1-2-3-4-5-6-7-8-9-10-11-12-13-14-15-16-19-23-22-24(29)27-25(26-23)28-20-17-18-21-28/h9-10,22H,2-8,11-21H2,1H3,(H,26,27,29). The molecule has 1 aromatic rings. The smallest absolute Gasteiger partial charge is 0.252 e. The van der Waals surface area contributed by atoms with Gasteiger partial charge in [0.1, 0.15) is 0 Å². The number of rotatable bonds is 16. The molecule has 4 nitrogen and oxygen atoms in total. The Morgan fingerprint density at radius 2 is 1.48 bits per heavy atom. The molecule has 1 fully saturated rings. The molecular weight excluding hydrogens is 358 g/mol. The van der Waals surface area contributed by atoms with Crippen molar-refractivity contribution in [1.29, 1.82) is 0 Å². The van der Waals surface area contributed by atoms with Crippen LogP contribution in [0.5, 0.6) is 0 Å². The Kier molecular flexibility index (Phi) is 12.5. The Balaban J connectivity index is 1.46. The van der Waals surface area contributed by atoms with Gasteiger partial charge in [0.15, 0.2) is 0 Å². The van der Waals surface area contributed by atoms with Crippen LogP contribution in [0.3, 0.4) is 0 Å². The molecule has 1 aliphatic rings. The first kappa shape index (κ1) is 23.7. The second-order valence-electron chi connectivity index (χ2n) is 8.59. The van der Waals surface area contributed by atoms with E-state index in [9.17, 15) is 4.79 Å². The number of nitrogens with zero attached hydrogens (tertiary/aromatic N) is 2. The number of aryl methyl sites for hydroxylation is 1. The van der Waals surface area contributed by atoms with Gasteiger partial charge in [-0.3, -0.25) is 9.78 Å². The monoisotopic (exact) mass is 401 g/mol. The number of aromatic nitrogens is 2. The molecule has 0 aromatic carbocycles. The molecule has 0 radical (unpaired) electrons. The van der Waals surface area contributed by atoms with E-state index >= 15 is 0 Å². The van der Waals surface area contributed by atoms with Crippen molar-refractivity contribution in [2.75, 3.05) is 18.0 Å². The summed E-state index contributed by atoms with van der Waals surface area (Å²) in [6.45, 7) is 4.30. The van der Waals surface area contributed by atoms with Crippen molar-refractivity contribution in [3.05, 3.63) is 34.3 Å². The fraction of sp³-hybridized carbons (Fsp3) is 0.760. The van der Waals surface area contributed by atoms with Crippen LogP contribution in [0.1, 0.15) is 109 Å². The van der Waals surface area contributed by atoms with Gasteiger partial charge in [-0.2, -0.15) is 0 Å². The van der Waals surface area contributed by atoms with E-state index in [1.54, 1.807) is 6.07 Å². The average Bonchev–Trinajstić information content (AvgIpc) is 3.25. The van der Waals surface area contributed by atoms with Crippen LogP contribution in [0.15, 0.2) is 23.0 Å². The topological polar surface area (TPSA) is 49.0 Å². The Hall–Kier alpha value is -1.58. The minimum Gasteiger partial charge on any atom is -0.342 e. The molecule has 2 heterocycles. The lowest BCUT2D eigenvalue weighted by molar-refractivity contribution is 0.607. The summed E-state index contributed by atoms with van der Waals surface area (Å²) in [5.74, 6) is 0.776. The molecule has 0 unspecified atom stereocenters. The number of hydrogen-bond acceptors (Lipinski definition) is 3. The van der Waals surface area contributed by atoms with Crippen LogP contribution in [0.2, 0.25) is 0 Å². The van der Waals surface area contributed by atoms with Crippen LogP contribution in [-0.4, -0.2) is 23.1 Å². The SMILES string of the molecule is CCCCCCCCC=CCCCCCCCc1cc(=O)[nH]c(N2CCCC2)n1. The molecule has 0 bridgehead atoms. The summed E-state index contributed by atoms with van der Waals surface area (Å²) in [7, 11) is 0. The van der Waals surface area contributed by atoms with Crippen molar-refractivity contribution >= 4 is 5.95 Å². The summed E-state index contributed by atoms with van der Waals surface area (Å²) in [5.41, 5.74) is 0.943.